The van der Waals surface area contributed by atoms with Crippen LogP contribution in [-0.4, -0.2) is 24.5 Å². The lowest BCUT2D eigenvalue weighted by Crippen LogP contribution is -2.36. The Labute approximate surface area is 139 Å². The third kappa shape index (κ3) is 4.68. The molecule has 0 aliphatic rings. The molecule has 0 aliphatic heterocycles. The van der Waals surface area contributed by atoms with Crippen molar-refractivity contribution < 1.29 is 23.1 Å². The van der Waals surface area contributed by atoms with Crippen LogP contribution in [0.3, 0.4) is 0 Å². The molecule has 2 aromatic rings. The van der Waals surface area contributed by atoms with Crippen molar-refractivity contribution in [3.05, 3.63) is 58.8 Å². The number of benzene rings is 1. The fraction of sp³-hybridized carbons (Fsp3) is 0.333. The molecule has 0 saturated carbocycles. The molecule has 0 unspecified atom stereocenters. The van der Waals surface area contributed by atoms with Crippen LogP contribution in [0.2, 0.25) is 0 Å². The zero-order valence-corrected chi connectivity index (χ0v) is 13.9. The van der Waals surface area contributed by atoms with E-state index in [1.807, 2.05) is 0 Å². The minimum Gasteiger partial charge on any atom is -0.466 e. The van der Waals surface area contributed by atoms with Crippen molar-refractivity contribution in [2.45, 2.75) is 33.3 Å². The molecule has 1 aromatic carbocycles. The molecule has 128 valence electrons. The van der Waals surface area contributed by atoms with Gasteiger partial charge in [-0.1, -0.05) is 12.1 Å². The van der Waals surface area contributed by atoms with Crippen LogP contribution in [0.5, 0.6) is 0 Å². The summed E-state index contributed by atoms with van der Waals surface area (Å²) in [6.45, 7) is 5.27. The molecule has 0 fully saturated rings. The minimum absolute atomic E-state index is 0.298. The van der Waals surface area contributed by atoms with Crippen LogP contribution < -0.4 is 5.32 Å². The fourth-order valence-corrected chi connectivity index (χ4v) is 2.24. The average molecular weight is 333 g/mol. The van der Waals surface area contributed by atoms with Gasteiger partial charge in [0.1, 0.15) is 22.9 Å². The molecule has 0 bridgehead atoms. The predicted molar refractivity (Wildman–Crippen MR) is 86.2 cm³/mol. The topological polar surface area (TPSA) is 68.5 Å². The van der Waals surface area contributed by atoms with Gasteiger partial charge in [-0.3, -0.25) is 4.79 Å². The molecule has 1 amide bonds. The third-order valence-corrected chi connectivity index (χ3v) is 3.54. The van der Waals surface area contributed by atoms with Gasteiger partial charge in [0.15, 0.2) is 6.10 Å². The van der Waals surface area contributed by atoms with Gasteiger partial charge < -0.3 is 14.5 Å². The maximum atomic E-state index is 12.8. The maximum Gasteiger partial charge on any atom is 0.342 e. The van der Waals surface area contributed by atoms with E-state index in [1.165, 1.54) is 19.1 Å². The van der Waals surface area contributed by atoms with Crippen molar-refractivity contribution in [1.29, 1.82) is 0 Å². The summed E-state index contributed by atoms with van der Waals surface area (Å²) in [6.07, 6.45) is -0.354. The van der Waals surface area contributed by atoms with Crippen molar-refractivity contribution in [3.8, 4) is 0 Å². The first-order chi connectivity index (χ1) is 11.4. The molecule has 0 radical (unpaired) electrons. The highest BCUT2D eigenvalue weighted by atomic mass is 19.1. The molecule has 0 aliphatic carbocycles. The average Bonchev–Trinajstić information content (AvgIpc) is 2.87. The first-order valence-corrected chi connectivity index (χ1v) is 7.67. The smallest absolute Gasteiger partial charge is 0.342 e. The Morgan fingerprint density at radius 1 is 1.25 bits per heavy atom. The second-order valence-corrected chi connectivity index (χ2v) is 5.54. The number of furan rings is 1. The highest BCUT2D eigenvalue weighted by molar-refractivity contribution is 5.93. The number of rotatable bonds is 6. The zero-order valence-electron chi connectivity index (χ0n) is 13.9. The second kappa shape index (κ2) is 7.77. The Morgan fingerprint density at radius 2 is 1.92 bits per heavy atom. The van der Waals surface area contributed by atoms with Gasteiger partial charge in [-0.15, -0.1) is 0 Å². The van der Waals surface area contributed by atoms with E-state index in [1.54, 1.807) is 32.0 Å². The largest absolute Gasteiger partial charge is 0.466 e. The van der Waals surface area contributed by atoms with Crippen LogP contribution in [0.15, 0.2) is 34.7 Å². The second-order valence-electron chi connectivity index (χ2n) is 5.54. The molecule has 24 heavy (non-hydrogen) atoms. The van der Waals surface area contributed by atoms with E-state index in [4.69, 9.17) is 9.15 Å². The molecule has 1 atom stereocenters. The summed E-state index contributed by atoms with van der Waals surface area (Å²) in [5.41, 5.74) is 1.23. The number of carbonyl (C=O) groups excluding carboxylic acids is 2. The quantitative estimate of drug-likeness (QED) is 0.825. The molecule has 6 heteroatoms. The SMILES string of the molecule is Cc1cc(C(=O)O[C@H](C)C(=O)NCCc2ccc(F)cc2)c(C)o1. The summed E-state index contributed by atoms with van der Waals surface area (Å²) in [7, 11) is 0. The standard InChI is InChI=1S/C18H20FNO4/c1-11-10-16(12(2)23-11)18(22)24-13(3)17(21)20-9-8-14-4-6-15(19)7-5-14/h4-7,10,13H,8-9H2,1-3H3,(H,20,21)/t13-/m1/s1. The number of halogens is 1. The molecule has 0 saturated heterocycles. The Morgan fingerprint density at radius 3 is 2.50 bits per heavy atom. The normalized spacial score (nSPS) is 11.8. The van der Waals surface area contributed by atoms with Crippen LogP contribution in [0.25, 0.3) is 0 Å². The van der Waals surface area contributed by atoms with Gasteiger partial charge in [-0.25, -0.2) is 9.18 Å². The van der Waals surface area contributed by atoms with Crippen molar-refractivity contribution >= 4 is 11.9 Å². The maximum absolute atomic E-state index is 12.8. The van der Waals surface area contributed by atoms with Crippen LogP contribution in [-0.2, 0) is 16.0 Å². The summed E-state index contributed by atoms with van der Waals surface area (Å²) in [5.74, 6) is -0.209. The van der Waals surface area contributed by atoms with Crippen LogP contribution in [0, 0.1) is 19.7 Å². The van der Waals surface area contributed by atoms with Gasteiger partial charge in [0.05, 0.1) is 0 Å². The van der Waals surface area contributed by atoms with E-state index in [2.05, 4.69) is 5.32 Å². The molecule has 1 heterocycles. The van der Waals surface area contributed by atoms with Crippen molar-refractivity contribution in [2.75, 3.05) is 6.54 Å². The fourth-order valence-electron chi connectivity index (χ4n) is 2.24. The highest BCUT2D eigenvalue weighted by Crippen LogP contribution is 2.15. The number of hydrogen-bond donors (Lipinski definition) is 1. The zero-order chi connectivity index (χ0) is 17.7. The number of ether oxygens (including phenoxy) is 1. The Bertz CT molecular complexity index is 721. The van der Waals surface area contributed by atoms with Crippen LogP contribution in [0.4, 0.5) is 4.39 Å². The third-order valence-electron chi connectivity index (χ3n) is 3.54. The van der Waals surface area contributed by atoms with Crippen molar-refractivity contribution in [1.82, 2.24) is 5.32 Å². The van der Waals surface area contributed by atoms with Gasteiger partial charge in [-0.05, 0) is 51.0 Å². The predicted octanol–water partition coefficient (Wildman–Crippen LogP) is 2.94. The Balaban J connectivity index is 1.80. The van der Waals surface area contributed by atoms with E-state index in [-0.39, 0.29) is 11.7 Å². The first-order valence-electron chi connectivity index (χ1n) is 7.67. The number of aryl methyl sites for hydroxylation is 2. The summed E-state index contributed by atoms with van der Waals surface area (Å²) < 4.78 is 23.2. The summed E-state index contributed by atoms with van der Waals surface area (Å²) >= 11 is 0. The summed E-state index contributed by atoms with van der Waals surface area (Å²) in [4.78, 5) is 24.0. The molecule has 2 rings (SSSR count). The van der Waals surface area contributed by atoms with E-state index < -0.39 is 12.1 Å². The number of carbonyl (C=O) groups is 2. The van der Waals surface area contributed by atoms with E-state index in [0.29, 0.717) is 30.0 Å². The molecule has 5 nitrogen and oxygen atoms in total. The van der Waals surface area contributed by atoms with Crippen LogP contribution in [0.1, 0.15) is 34.4 Å². The van der Waals surface area contributed by atoms with Crippen LogP contribution >= 0.6 is 0 Å². The van der Waals surface area contributed by atoms with Gasteiger partial charge in [0, 0.05) is 6.54 Å². The molecule has 0 spiro atoms. The number of esters is 1. The van der Waals surface area contributed by atoms with E-state index >= 15 is 0 Å². The lowest BCUT2D eigenvalue weighted by atomic mass is 10.1. The van der Waals surface area contributed by atoms with E-state index in [9.17, 15) is 14.0 Å². The number of amides is 1. The van der Waals surface area contributed by atoms with Gasteiger partial charge in [0.2, 0.25) is 0 Å². The summed E-state index contributed by atoms with van der Waals surface area (Å²) in [5, 5.41) is 2.69. The number of nitrogens with one attached hydrogen (secondary N) is 1. The van der Waals surface area contributed by atoms with E-state index in [0.717, 1.165) is 5.56 Å². The molecular formula is C18H20FNO4. The number of hydrogen-bond acceptors (Lipinski definition) is 4. The molecule has 1 N–H and O–H groups in total. The monoisotopic (exact) mass is 333 g/mol. The Kier molecular flexibility index (Phi) is 5.73. The summed E-state index contributed by atoms with van der Waals surface area (Å²) in [6, 6.07) is 7.65. The van der Waals surface area contributed by atoms with Crippen molar-refractivity contribution in [2.24, 2.45) is 0 Å². The van der Waals surface area contributed by atoms with Gasteiger partial charge >= 0.3 is 5.97 Å². The molecular weight excluding hydrogens is 313 g/mol. The van der Waals surface area contributed by atoms with Crippen molar-refractivity contribution in [3.63, 3.8) is 0 Å². The lowest BCUT2D eigenvalue weighted by molar-refractivity contribution is -0.129. The lowest BCUT2D eigenvalue weighted by Gasteiger charge is -2.13. The van der Waals surface area contributed by atoms with Gasteiger partial charge in [-0.2, -0.15) is 0 Å². The Hall–Kier alpha value is -2.63. The molecule has 1 aromatic heterocycles. The highest BCUT2D eigenvalue weighted by Gasteiger charge is 2.21. The first kappa shape index (κ1) is 17.7. The minimum atomic E-state index is -0.916. The van der Waals surface area contributed by atoms with Gasteiger partial charge in [0.25, 0.3) is 5.91 Å².